The lowest BCUT2D eigenvalue weighted by molar-refractivity contribution is -0.142. The molecule has 2 aromatic carbocycles. The maximum absolute atomic E-state index is 11.9. The Morgan fingerprint density at radius 2 is 1.71 bits per heavy atom. The minimum atomic E-state index is -0.638. The van der Waals surface area contributed by atoms with Crippen molar-refractivity contribution in [3.05, 3.63) is 59.7 Å². The molecule has 21 heavy (non-hydrogen) atoms. The molecule has 0 heterocycles. The highest BCUT2D eigenvalue weighted by Gasteiger charge is 2.12. The number of para-hydroxylation sites is 1. The zero-order chi connectivity index (χ0) is 15.2. The minimum absolute atomic E-state index is 0.0986. The fourth-order valence-electron chi connectivity index (χ4n) is 1.65. The molecular weight excluding hydrogens is 272 g/mol. The molecule has 0 atom stereocenters. The molecule has 0 bridgehead atoms. The first kappa shape index (κ1) is 14.6. The number of phenols is 1. The number of benzene rings is 2. The second kappa shape index (κ2) is 6.56. The summed E-state index contributed by atoms with van der Waals surface area (Å²) in [6.45, 7) is 1.51. The average molecular weight is 286 g/mol. The van der Waals surface area contributed by atoms with Gasteiger partial charge in [0.15, 0.2) is 0 Å². The first-order valence-electron chi connectivity index (χ1n) is 6.29. The molecule has 0 radical (unpaired) electrons. The van der Waals surface area contributed by atoms with E-state index in [-0.39, 0.29) is 23.9 Å². The maximum Gasteiger partial charge on any atom is 0.347 e. The van der Waals surface area contributed by atoms with Crippen LogP contribution >= 0.6 is 0 Å². The normalized spacial score (nSPS) is 9.95. The number of aromatic hydroxyl groups is 1. The maximum atomic E-state index is 11.9. The first-order valence-corrected chi connectivity index (χ1v) is 6.29. The van der Waals surface area contributed by atoms with Crippen LogP contribution in [0.4, 0.5) is 0 Å². The van der Waals surface area contributed by atoms with Gasteiger partial charge >= 0.3 is 11.9 Å². The van der Waals surface area contributed by atoms with E-state index in [1.54, 1.807) is 36.4 Å². The van der Waals surface area contributed by atoms with Gasteiger partial charge in [0, 0.05) is 6.92 Å². The minimum Gasteiger partial charge on any atom is -0.507 e. The molecule has 0 saturated heterocycles. The Morgan fingerprint density at radius 3 is 2.33 bits per heavy atom. The topological polar surface area (TPSA) is 72.8 Å². The van der Waals surface area contributed by atoms with Crippen LogP contribution in [0.5, 0.6) is 11.5 Å². The van der Waals surface area contributed by atoms with E-state index in [1.165, 1.54) is 19.1 Å². The summed E-state index contributed by atoms with van der Waals surface area (Å²) in [7, 11) is 0. The van der Waals surface area contributed by atoms with Crippen molar-refractivity contribution in [2.24, 2.45) is 0 Å². The van der Waals surface area contributed by atoms with E-state index in [4.69, 9.17) is 9.47 Å². The zero-order valence-electron chi connectivity index (χ0n) is 11.4. The lowest BCUT2D eigenvalue weighted by atomic mass is 10.2. The molecule has 0 aromatic heterocycles. The van der Waals surface area contributed by atoms with Crippen LogP contribution in [0.1, 0.15) is 22.8 Å². The molecule has 5 nitrogen and oxygen atoms in total. The Balaban J connectivity index is 2.02. The quantitative estimate of drug-likeness (QED) is 0.691. The highest BCUT2D eigenvalue weighted by molar-refractivity contribution is 5.93. The van der Waals surface area contributed by atoms with Crippen molar-refractivity contribution in [3.8, 4) is 11.5 Å². The smallest absolute Gasteiger partial charge is 0.347 e. The fraction of sp³-hybridized carbons (Fsp3) is 0.125. The number of carbonyl (C=O) groups is 2. The molecule has 108 valence electrons. The molecule has 0 aliphatic heterocycles. The van der Waals surface area contributed by atoms with E-state index in [2.05, 4.69) is 0 Å². The van der Waals surface area contributed by atoms with Gasteiger partial charge in [-0.25, -0.2) is 4.79 Å². The summed E-state index contributed by atoms with van der Waals surface area (Å²) in [4.78, 5) is 22.6. The van der Waals surface area contributed by atoms with Crippen molar-refractivity contribution in [1.82, 2.24) is 0 Å². The van der Waals surface area contributed by atoms with Gasteiger partial charge in [0.1, 0.15) is 23.7 Å². The van der Waals surface area contributed by atoms with E-state index in [1.807, 2.05) is 0 Å². The highest BCUT2D eigenvalue weighted by atomic mass is 16.5. The van der Waals surface area contributed by atoms with E-state index in [0.717, 1.165) is 5.56 Å². The third-order valence-corrected chi connectivity index (χ3v) is 2.70. The number of hydrogen-bond acceptors (Lipinski definition) is 5. The van der Waals surface area contributed by atoms with Gasteiger partial charge in [-0.3, -0.25) is 4.79 Å². The van der Waals surface area contributed by atoms with Crippen LogP contribution in [0.15, 0.2) is 48.5 Å². The average Bonchev–Trinajstić information content (AvgIpc) is 2.47. The Kier molecular flexibility index (Phi) is 4.56. The van der Waals surface area contributed by atoms with E-state index < -0.39 is 5.97 Å². The summed E-state index contributed by atoms with van der Waals surface area (Å²) in [6, 6.07) is 12.7. The molecule has 1 N–H and O–H groups in total. The van der Waals surface area contributed by atoms with Crippen molar-refractivity contribution in [2.45, 2.75) is 13.5 Å². The van der Waals surface area contributed by atoms with Crippen molar-refractivity contribution in [3.63, 3.8) is 0 Å². The van der Waals surface area contributed by atoms with Crippen LogP contribution in [0.25, 0.3) is 0 Å². The molecule has 0 aliphatic rings. The van der Waals surface area contributed by atoms with Gasteiger partial charge in [-0.15, -0.1) is 0 Å². The third-order valence-electron chi connectivity index (χ3n) is 2.70. The van der Waals surface area contributed by atoms with Gasteiger partial charge in [0.05, 0.1) is 0 Å². The molecule has 0 amide bonds. The molecule has 0 unspecified atom stereocenters. The van der Waals surface area contributed by atoms with E-state index in [0.29, 0.717) is 5.75 Å². The highest BCUT2D eigenvalue weighted by Crippen LogP contribution is 2.19. The second-order valence-electron chi connectivity index (χ2n) is 4.33. The van der Waals surface area contributed by atoms with Gasteiger partial charge < -0.3 is 14.6 Å². The van der Waals surface area contributed by atoms with E-state index in [9.17, 15) is 14.7 Å². The molecule has 0 spiro atoms. The summed E-state index contributed by atoms with van der Waals surface area (Å²) < 4.78 is 10.0. The first-order chi connectivity index (χ1) is 10.1. The largest absolute Gasteiger partial charge is 0.507 e. The Bertz CT molecular complexity index is 646. The summed E-state index contributed by atoms with van der Waals surface area (Å²) in [5.41, 5.74) is 0.883. The van der Waals surface area contributed by atoms with Crippen molar-refractivity contribution in [1.29, 1.82) is 0 Å². The molecule has 0 aliphatic carbocycles. The standard InChI is InChI=1S/C16H14O5/c1-11(17)20-10-12-6-8-13(9-7-12)21-16(19)14-4-2-3-5-15(14)18/h2-9,18H,10H2,1H3. The van der Waals surface area contributed by atoms with Crippen LogP contribution in [0.2, 0.25) is 0 Å². The van der Waals surface area contributed by atoms with Crippen molar-refractivity contribution in [2.75, 3.05) is 0 Å². The van der Waals surface area contributed by atoms with Gasteiger partial charge in [-0.1, -0.05) is 24.3 Å². The van der Waals surface area contributed by atoms with Crippen LogP contribution in [-0.2, 0) is 16.1 Å². The monoisotopic (exact) mass is 286 g/mol. The molecule has 5 heteroatoms. The Morgan fingerprint density at radius 1 is 1.05 bits per heavy atom. The predicted octanol–water partition coefficient (Wildman–Crippen LogP) is 2.67. The van der Waals surface area contributed by atoms with Gasteiger partial charge in [-0.05, 0) is 29.8 Å². The van der Waals surface area contributed by atoms with Crippen LogP contribution in [-0.4, -0.2) is 17.0 Å². The number of hydrogen-bond donors (Lipinski definition) is 1. The molecule has 2 aromatic rings. The van der Waals surface area contributed by atoms with Gasteiger partial charge in [0.2, 0.25) is 0 Å². The van der Waals surface area contributed by atoms with Crippen LogP contribution in [0, 0.1) is 0 Å². The molecule has 0 saturated carbocycles. The van der Waals surface area contributed by atoms with Gasteiger partial charge in [-0.2, -0.15) is 0 Å². The van der Waals surface area contributed by atoms with Crippen LogP contribution < -0.4 is 4.74 Å². The summed E-state index contributed by atoms with van der Waals surface area (Å²) in [6.07, 6.45) is 0. The Labute approximate surface area is 121 Å². The molecular formula is C16H14O5. The summed E-state index contributed by atoms with van der Waals surface area (Å²) in [5.74, 6) is -0.783. The van der Waals surface area contributed by atoms with E-state index >= 15 is 0 Å². The number of esters is 2. The van der Waals surface area contributed by atoms with Crippen LogP contribution in [0.3, 0.4) is 0 Å². The lowest BCUT2D eigenvalue weighted by Crippen LogP contribution is -2.08. The number of phenolic OH excluding ortho intramolecular Hbond substituents is 1. The second-order valence-corrected chi connectivity index (χ2v) is 4.33. The SMILES string of the molecule is CC(=O)OCc1ccc(OC(=O)c2ccccc2O)cc1. The summed E-state index contributed by atoms with van der Waals surface area (Å²) >= 11 is 0. The van der Waals surface area contributed by atoms with Crippen molar-refractivity contribution < 1.29 is 24.2 Å². The number of rotatable bonds is 4. The lowest BCUT2D eigenvalue weighted by Gasteiger charge is -2.07. The summed E-state index contributed by atoms with van der Waals surface area (Å²) in [5, 5.41) is 9.58. The third kappa shape index (κ3) is 4.07. The number of carbonyl (C=O) groups excluding carboxylic acids is 2. The Hall–Kier alpha value is -2.82. The number of ether oxygens (including phenoxy) is 2. The zero-order valence-corrected chi connectivity index (χ0v) is 11.4. The van der Waals surface area contributed by atoms with Crippen molar-refractivity contribution >= 4 is 11.9 Å². The predicted molar refractivity (Wildman–Crippen MR) is 75.0 cm³/mol. The molecule has 0 fully saturated rings. The fourth-order valence-corrected chi connectivity index (χ4v) is 1.65. The van der Waals surface area contributed by atoms with Gasteiger partial charge in [0.25, 0.3) is 0 Å². The molecule has 2 rings (SSSR count).